The van der Waals surface area contributed by atoms with E-state index in [0.717, 1.165) is 22.4 Å². The number of thiocarbonyl (C=S) groups is 1. The lowest BCUT2D eigenvalue weighted by Gasteiger charge is -2.40. The molecule has 170 valence electrons. The number of carbonyl (C=O) groups is 2. The van der Waals surface area contributed by atoms with Crippen molar-refractivity contribution in [2.24, 2.45) is 0 Å². The number of likely N-dealkylation sites (N-methyl/N-ethyl adjacent to an activating group) is 1. The van der Waals surface area contributed by atoms with Crippen LogP contribution in [0.5, 0.6) is 5.75 Å². The minimum atomic E-state index is -0.504. The molecule has 0 aromatic heterocycles. The SMILES string of the molecule is CCOc1ccc(N2C(=O)/C(=C/c3ccc4c(c3)C(C)=CC(C)(C)N4C)C(=O)NC2=S)cc1. The highest BCUT2D eigenvalue weighted by Gasteiger charge is 2.35. The van der Waals surface area contributed by atoms with Gasteiger partial charge in [-0.15, -0.1) is 0 Å². The average Bonchev–Trinajstić information content (AvgIpc) is 2.76. The maximum atomic E-state index is 13.3. The zero-order valence-electron chi connectivity index (χ0n) is 19.4. The first-order valence-corrected chi connectivity index (χ1v) is 11.2. The molecule has 2 amide bonds. The predicted octanol–water partition coefficient (Wildman–Crippen LogP) is 4.55. The summed E-state index contributed by atoms with van der Waals surface area (Å²) in [6.07, 6.45) is 3.84. The van der Waals surface area contributed by atoms with Gasteiger partial charge >= 0.3 is 0 Å². The fourth-order valence-corrected chi connectivity index (χ4v) is 4.46. The first-order valence-electron chi connectivity index (χ1n) is 10.8. The quantitative estimate of drug-likeness (QED) is 0.411. The number of amides is 2. The van der Waals surface area contributed by atoms with Crippen molar-refractivity contribution in [1.29, 1.82) is 0 Å². The fourth-order valence-electron chi connectivity index (χ4n) is 4.18. The Morgan fingerprint density at radius 2 is 1.82 bits per heavy atom. The van der Waals surface area contributed by atoms with Gasteiger partial charge in [0.05, 0.1) is 17.8 Å². The second-order valence-corrected chi connectivity index (χ2v) is 9.09. The smallest absolute Gasteiger partial charge is 0.270 e. The molecule has 2 aromatic rings. The molecule has 1 saturated heterocycles. The fraction of sp³-hybridized carbons (Fsp3) is 0.269. The number of rotatable bonds is 4. The van der Waals surface area contributed by atoms with E-state index in [-0.39, 0.29) is 16.2 Å². The molecule has 0 unspecified atom stereocenters. The van der Waals surface area contributed by atoms with Crippen molar-refractivity contribution < 1.29 is 14.3 Å². The molecular formula is C26H27N3O3S. The summed E-state index contributed by atoms with van der Waals surface area (Å²) < 4.78 is 5.47. The largest absolute Gasteiger partial charge is 0.494 e. The molecule has 2 aliphatic heterocycles. The van der Waals surface area contributed by atoms with Gasteiger partial charge < -0.3 is 9.64 Å². The van der Waals surface area contributed by atoms with Crippen LogP contribution in [0.15, 0.2) is 54.1 Å². The van der Waals surface area contributed by atoms with Gasteiger partial charge in [-0.1, -0.05) is 12.1 Å². The van der Waals surface area contributed by atoms with E-state index in [9.17, 15) is 9.59 Å². The molecule has 6 nitrogen and oxygen atoms in total. The summed E-state index contributed by atoms with van der Waals surface area (Å²) in [7, 11) is 2.06. The average molecular weight is 462 g/mol. The molecule has 0 spiro atoms. The molecule has 4 rings (SSSR count). The lowest BCUT2D eigenvalue weighted by atomic mass is 9.88. The van der Waals surface area contributed by atoms with Gasteiger partial charge in [0.15, 0.2) is 5.11 Å². The highest BCUT2D eigenvalue weighted by atomic mass is 32.1. The van der Waals surface area contributed by atoms with Crippen LogP contribution in [-0.4, -0.2) is 36.1 Å². The number of hydrogen-bond acceptors (Lipinski definition) is 5. The molecule has 7 heteroatoms. The lowest BCUT2D eigenvalue weighted by molar-refractivity contribution is -0.122. The van der Waals surface area contributed by atoms with Gasteiger partial charge in [-0.2, -0.15) is 0 Å². The highest BCUT2D eigenvalue weighted by Crippen LogP contribution is 2.38. The molecule has 2 aromatic carbocycles. The summed E-state index contributed by atoms with van der Waals surface area (Å²) in [6, 6.07) is 13.0. The molecule has 0 bridgehead atoms. The van der Waals surface area contributed by atoms with E-state index in [4.69, 9.17) is 17.0 Å². The van der Waals surface area contributed by atoms with Gasteiger partial charge in [-0.05, 0) is 93.5 Å². The Morgan fingerprint density at radius 3 is 2.48 bits per heavy atom. The third kappa shape index (κ3) is 4.16. The normalized spacial score (nSPS) is 18.8. The van der Waals surface area contributed by atoms with Crippen molar-refractivity contribution in [3.63, 3.8) is 0 Å². The zero-order valence-corrected chi connectivity index (χ0v) is 20.2. The second-order valence-electron chi connectivity index (χ2n) is 8.70. The van der Waals surface area contributed by atoms with Crippen molar-refractivity contribution in [1.82, 2.24) is 5.32 Å². The number of fused-ring (bicyclic) bond motifs is 1. The molecule has 1 fully saturated rings. The van der Waals surface area contributed by atoms with E-state index < -0.39 is 11.8 Å². The zero-order chi connectivity index (χ0) is 23.9. The minimum absolute atomic E-state index is 0.0311. The van der Waals surface area contributed by atoms with Crippen molar-refractivity contribution in [2.45, 2.75) is 33.2 Å². The summed E-state index contributed by atoms with van der Waals surface area (Å²) in [5, 5.41) is 2.69. The van der Waals surface area contributed by atoms with E-state index in [1.54, 1.807) is 30.3 Å². The van der Waals surface area contributed by atoms with Crippen LogP contribution < -0.4 is 19.9 Å². The molecule has 2 heterocycles. The summed E-state index contributed by atoms with van der Waals surface area (Å²) >= 11 is 5.30. The minimum Gasteiger partial charge on any atom is -0.494 e. The van der Waals surface area contributed by atoms with Crippen LogP contribution in [0.2, 0.25) is 0 Å². The first-order chi connectivity index (χ1) is 15.6. The van der Waals surface area contributed by atoms with E-state index >= 15 is 0 Å². The Labute approximate surface area is 199 Å². The first kappa shape index (κ1) is 22.7. The third-order valence-electron chi connectivity index (χ3n) is 6.06. The maximum Gasteiger partial charge on any atom is 0.270 e. The lowest BCUT2D eigenvalue weighted by Crippen LogP contribution is -2.54. The third-order valence-corrected chi connectivity index (χ3v) is 6.34. The van der Waals surface area contributed by atoms with Gasteiger partial charge in [0.1, 0.15) is 11.3 Å². The summed E-state index contributed by atoms with van der Waals surface area (Å²) in [5.41, 5.74) is 4.62. The van der Waals surface area contributed by atoms with Gasteiger partial charge in [0, 0.05) is 18.3 Å². The van der Waals surface area contributed by atoms with Crippen LogP contribution in [0, 0.1) is 0 Å². The van der Waals surface area contributed by atoms with Crippen LogP contribution in [-0.2, 0) is 9.59 Å². The second kappa shape index (κ2) is 8.48. The molecule has 0 radical (unpaired) electrons. The molecule has 0 saturated carbocycles. The standard InChI is InChI=1S/C26H27N3O3S/c1-6-32-19-10-8-18(9-11-19)29-24(31)21(23(30)27-25(29)33)14-17-7-12-22-20(13-17)16(2)15-26(3,4)28(22)5/h7-15H,6H2,1-5H3,(H,27,30,33)/b21-14+. The van der Waals surface area contributed by atoms with Gasteiger partial charge in [0.25, 0.3) is 11.8 Å². The van der Waals surface area contributed by atoms with Crippen molar-refractivity contribution in [2.75, 3.05) is 23.5 Å². The molecule has 0 aliphatic carbocycles. The molecule has 33 heavy (non-hydrogen) atoms. The summed E-state index contributed by atoms with van der Waals surface area (Å²) in [5.74, 6) is -0.270. The molecular weight excluding hydrogens is 434 g/mol. The number of nitrogens with zero attached hydrogens (tertiary/aromatic N) is 2. The van der Waals surface area contributed by atoms with Gasteiger partial charge in [-0.25, -0.2) is 0 Å². The van der Waals surface area contributed by atoms with Crippen LogP contribution in [0.3, 0.4) is 0 Å². The number of carbonyl (C=O) groups excluding carboxylic acids is 2. The topological polar surface area (TPSA) is 61.9 Å². The van der Waals surface area contributed by atoms with E-state index in [1.807, 2.05) is 25.1 Å². The van der Waals surface area contributed by atoms with Crippen molar-refractivity contribution in [3.8, 4) is 5.75 Å². The number of nitrogens with one attached hydrogen (secondary N) is 1. The van der Waals surface area contributed by atoms with E-state index in [2.05, 4.69) is 44.1 Å². The van der Waals surface area contributed by atoms with Crippen LogP contribution >= 0.6 is 12.2 Å². The summed E-state index contributed by atoms with van der Waals surface area (Å²) in [4.78, 5) is 29.5. The number of anilines is 2. The Morgan fingerprint density at radius 1 is 1.12 bits per heavy atom. The Kier molecular flexibility index (Phi) is 5.84. The number of ether oxygens (including phenoxy) is 1. The monoisotopic (exact) mass is 461 g/mol. The highest BCUT2D eigenvalue weighted by molar-refractivity contribution is 7.80. The van der Waals surface area contributed by atoms with Gasteiger partial charge in [0.2, 0.25) is 0 Å². The number of benzene rings is 2. The molecule has 1 N–H and O–H groups in total. The van der Waals surface area contributed by atoms with Crippen LogP contribution in [0.25, 0.3) is 11.6 Å². The number of hydrogen-bond donors (Lipinski definition) is 1. The van der Waals surface area contributed by atoms with Crippen LogP contribution in [0.4, 0.5) is 11.4 Å². The van der Waals surface area contributed by atoms with Crippen molar-refractivity contribution in [3.05, 3.63) is 65.2 Å². The Bertz CT molecular complexity index is 1210. The van der Waals surface area contributed by atoms with E-state index in [1.165, 1.54) is 4.90 Å². The Balaban J connectivity index is 1.69. The van der Waals surface area contributed by atoms with Crippen molar-refractivity contribution >= 4 is 52.2 Å². The predicted molar refractivity (Wildman–Crippen MR) is 136 cm³/mol. The number of allylic oxidation sites excluding steroid dienone is 1. The summed E-state index contributed by atoms with van der Waals surface area (Å²) in [6.45, 7) is 8.86. The van der Waals surface area contributed by atoms with Gasteiger partial charge in [-0.3, -0.25) is 19.8 Å². The molecule has 2 aliphatic rings. The maximum absolute atomic E-state index is 13.3. The Hall–Kier alpha value is -3.45. The van der Waals surface area contributed by atoms with Crippen LogP contribution in [0.1, 0.15) is 38.8 Å². The van der Waals surface area contributed by atoms with E-state index in [0.29, 0.717) is 18.0 Å². The molecule has 0 atom stereocenters.